The van der Waals surface area contributed by atoms with Crippen molar-refractivity contribution in [2.24, 2.45) is 29.6 Å². The van der Waals surface area contributed by atoms with Crippen molar-refractivity contribution >= 4 is 0 Å². The van der Waals surface area contributed by atoms with Crippen molar-refractivity contribution in [3.05, 3.63) is 0 Å². The Bertz CT molecular complexity index is 329. The molecule has 0 aromatic rings. The largest absolute Gasteiger partial charge is 0.392 e. The van der Waals surface area contributed by atoms with Gasteiger partial charge in [-0.15, -0.1) is 0 Å². The van der Waals surface area contributed by atoms with Crippen LogP contribution in [0.4, 0.5) is 0 Å². The molecule has 3 nitrogen and oxygen atoms in total. The first-order valence-electron chi connectivity index (χ1n) is 9.83. The lowest BCUT2D eigenvalue weighted by atomic mass is 9.63. The molecule has 0 radical (unpaired) electrons. The fraction of sp³-hybridized carbons (Fsp3) is 1.00. The lowest BCUT2D eigenvalue weighted by Gasteiger charge is -2.44. The summed E-state index contributed by atoms with van der Waals surface area (Å²) in [5.74, 6) is 3.71. The van der Waals surface area contributed by atoms with Gasteiger partial charge in [-0.05, 0) is 75.9 Å². The predicted octanol–water partition coefficient (Wildman–Crippen LogP) is 2.79. The highest BCUT2D eigenvalue weighted by Crippen LogP contribution is 2.46. The first-order chi connectivity index (χ1) is 10.8. The Labute approximate surface area is 136 Å². The van der Waals surface area contributed by atoms with Crippen LogP contribution in [-0.2, 0) is 0 Å². The van der Waals surface area contributed by atoms with Crippen LogP contribution in [0.5, 0.6) is 0 Å². The van der Waals surface area contributed by atoms with Gasteiger partial charge < -0.3 is 15.7 Å². The van der Waals surface area contributed by atoms with E-state index in [0.717, 1.165) is 50.2 Å². The molecule has 22 heavy (non-hydrogen) atoms. The van der Waals surface area contributed by atoms with Gasteiger partial charge >= 0.3 is 0 Å². The Balaban J connectivity index is 1.62. The minimum atomic E-state index is -0.0975. The molecule has 0 spiro atoms. The highest BCUT2D eigenvalue weighted by molar-refractivity contribution is 4.91. The van der Waals surface area contributed by atoms with E-state index < -0.39 is 0 Å². The summed E-state index contributed by atoms with van der Waals surface area (Å²) in [5.41, 5.74) is 0. The molecular weight excluding hydrogens is 272 g/mol. The van der Waals surface area contributed by atoms with Gasteiger partial charge in [0.2, 0.25) is 0 Å². The van der Waals surface area contributed by atoms with E-state index in [1.54, 1.807) is 0 Å². The third-order valence-electron chi connectivity index (χ3n) is 6.93. The molecule has 2 aliphatic carbocycles. The minimum Gasteiger partial charge on any atom is -0.392 e. The monoisotopic (exact) mass is 308 g/mol. The first-order valence-corrected chi connectivity index (χ1v) is 9.83. The van der Waals surface area contributed by atoms with Crippen LogP contribution < -0.4 is 10.6 Å². The Hall–Kier alpha value is -0.120. The second-order valence-electron chi connectivity index (χ2n) is 8.18. The van der Waals surface area contributed by atoms with Crippen LogP contribution in [0.15, 0.2) is 0 Å². The number of rotatable bonds is 5. The molecule has 3 fully saturated rings. The predicted molar refractivity (Wildman–Crippen MR) is 91.8 cm³/mol. The molecular formula is C19H36N2O. The van der Waals surface area contributed by atoms with E-state index in [1.165, 1.54) is 44.9 Å². The molecule has 1 aliphatic heterocycles. The van der Waals surface area contributed by atoms with Gasteiger partial charge in [-0.2, -0.15) is 0 Å². The van der Waals surface area contributed by atoms with E-state index in [1.807, 2.05) is 7.05 Å². The van der Waals surface area contributed by atoms with Crippen molar-refractivity contribution in [2.75, 3.05) is 26.7 Å². The Kier molecular flexibility index (Phi) is 6.17. The van der Waals surface area contributed by atoms with Gasteiger partial charge in [-0.3, -0.25) is 0 Å². The maximum atomic E-state index is 11.0. The highest BCUT2D eigenvalue weighted by Gasteiger charge is 2.39. The van der Waals surface area contributed by atoms with Gasteiger partial charge in [0.15, 0.2) is 0 Å². The van der Waals surface area contributed by atoms with E-state index >= 15 is 0 Å². The second kappa shape index (κ2) is 8.12. The van der Waals surface area contributed by atoms with Gasteiger partial charge in [0.1, 0.15) is 0 Å². The number of hydrogen-bond acceptors (Lipinski definition) is 3. The fourth-order valence-corrected chi connectivity index (χ4v) is 5.64. The Morgan fingerprint density at radius 2 is 1.68 bits per heavy atom. The van der Waals surface area contributed by atoms with Crippen molar-refractivity contribution < 1.29 is 5.11 Å². The van der Waals surface area contributed by atoms with Gasteiger partial charge in [0, 0.05) is 12.5 Å². The van der Waals surface area contributed by atoms with Crippen LogP contribution in [0.1, 0.15) is 57.8 Å². The lowest BCUT2D eigenvalue weighted by molar-refractivity contribution is -0.0126. The SMILES string of the molecule is CNC[C@H](C1CCC2CCCCC2C1)[C@H](O)C1CCNCC1. The molecule has 0 aromatic heterocycles. The quantitative estimate of drug-likeness (QED) is 0.732. The van der Waals surface area contributed by atoms with Gasteiger partial charge in [0.25, 0.3) is 0 Å². The standard InChI is InChI=1S/C19H36N2O/c1-20-13-18(19(22)15-8-10-21-11-9-15)17-7-6-14-4-2-3-5-16(14)12-17/h14-22H,2-13H2,1H3/t14?,16?,17?,18-,19-/m1/s1. The summed E-state index contributed by atoms with van der Waals surface area (Å²) in [5, 5.41) is 17.9. The average Bonchev–Trinajstić information content (AvgIpc) is 2.59. The molecule has 2 saturated carbocycles. The zero-order chi connectivity index (χ0) is 15.4. The van der Waals surface area contributed by atoms with Crippen molar-refractivity contribution in [2.45, 2.75) is 63.9 Å². The summed E-state index contributed by atoms with van der Waals surface area (Å²) in [6, 6.07) is 0. The number of aliphatic hydroxyl groups is 1. The third kappa shape index (κ3) is 3.85. The topological polar surface area (TPSA) is 44.3 Å². The molecule has 1 saturated heterocycles. The minimum absolute atomic E-state index is 0.0975. The maximum absolute atomic E-state index is 11.0. The summed E-state index contributed by atoms with van der Waals surface area (Å²) in [6.07, 6.45) is 12.2. The zero-order valence-electron chi connectivity index (χ0n) is 14.4. The molecule has 128 valence electrons. The van der Waals surface area contributed by atoms with E-state index in [0.29, 0.717) is 11.8 Å². The summed E-state index contributed by atoms with van der Waals surface area (Å²) >= 11 is 0. The summed E-state index contributed by atoms with van der Waals surface area (Å²) in [4.78, 5) is 0. The van der Waals surface area contributed by atoms with Crippen LogP contribution in [0, 0.1) is 29.6 Å². The zero-order valence-corrected chi connectivity index (χ0v) is 14.4. The molecule has 3 rings (SSSR count). The highest BCUT2D eigenvalue weighted by atomic mass is 16.3. The Morgan fingerprint density at radius 1 is 0.955 bits per heavy atom. The van der Waals surface area contributed by atoms with Crippen LogP contribution >= 0.6 is 0 Å². The summed E-state index contributed by atoms with van der Waals surface area (Å²) < 4.78 is 0. The van der Waals surface area contributed by atoms with Gasteiger partial charge in [0.05, 0.1) is 6.10 Å². The first kappa shape index (κ1) is 16.7. The number of piperidine rings is 1. The van der Waals surface area contributed by atoms with E-state index in [-0.39, 0.29) is 6.10 Å². The van der Waals surface area contributed by atoms with Crippen molar-refractivity contribution in [1.29, 1.82) is 0 Å². The lowest BCUT2D eigenvalue weighted by Crippen LogP contribution is -2.45. The van der Waals surface area contributed by atoms with E-state index in [2.05, 4.69) is 10.6 Å². The molecule has 1 heterocycles. The smallest absolute Gasteiger partial charge is 0.0612 e. The molecule has 0 aromatic carbocycles. The number of hydrogen-bond donors (Lipinski definition) is 3. The Morgan fingerprint density at radius 3 is 2.41 bits per heavy atom. The van der Waals surface area contributed by atoms with Crippen LogP contribution in [0.2, 0.25) is 0 Å². The molecule has 3 aliphatic rings. The maximum Gasteiger partial charge on any atom is 0.0612 e. The second-order valence-corrected chi connectivity index (χ2v) is 8.18. The van der Waals surface area contributed by atoms with Crippen molar-refractivity contribution in [1.82, 2.24) is 10.6 Å². The van der Waals surface area contributed by atoms with Crippen molar-refractivity contribution in [3.63, 3.8) is 0 Å². The average molecular weight is 309 g/mol. The third-order valence-corrected chi connectivity index (χ3v) is 6.93. The van der Waals surface area contributed by atoms with Crippen molar-refractivity contribution in [3.8, 4) is 0 Å². The normalized spacial score (nSPS) is 36.5. The molecule has 3 N–H and O–H groups in total. The van der Waals surface area contributed by atoms with Gasteiger partial charge in [-0.1, -0.05) is 25.7 Å². The fourth-order valence-electron chi connectivity index (χ4n) is 5.64. The van der Waals surface area contributed by atoms with Gasteiger partial charge in [-0.25, -0.2) is 0 Å². The molecule has 3 heteroatoms. The van der Waals surface area contributed by atoms with Crippen LogP contribution in [0.3, 0.4) is 0 Å². The number of nitrogens with one attached hydrogen (secondary N) is 2. The number of aliphatic hydroxyl groups excluding tert-OH is 1. The van der Waals surface area contributed by atoms with E-state index in [9.17, 15) is 5.11 Å². The summed E-state index contributed by atoms with van der Waals surface area (Å²) in [7, 11) is 2.05. The van der Waals surface area contributed by atoms with Crippen LogP contribution in [0.25, 0.3) is 0 Å². The van der Waals surface area contributed by atoms with E-state index in [4.69, 9.17) is 0 Å². The summed E-state index contributed by atoms with van der Waals surface area (Å²) in [6.45, 7) is 3.17. The number of fused-ring (bicyclic) bond motifs is 1. The molecule has 0 amide bonds. The molecule has 0 bridgehead atoms. The van der Waals surface area contributed by atoms with Crippen LogP contribution in [-0.4, -0.2) is 37.9 Å². The molecule has 5 atom stereocenters. The molecule has 3 unspecified atom stereocenters.